The Balaban J connectivity index is 1.82. The lowest BCUT2D eigenvalue weighted by Gasteiger charge is -2.29. The van der Waals surface area contributed by atoms with E-state index in [1.165, 1.54) is 0 Å². The summed E-state index contributed by atoms with van der Waals surface area (Å²) < 4.78 is 1.89. The molecule has 5 heteroatoms. The minimum absolute atomic E-state index is 0.0485. The van der Waals surface area contributed by atoms with Crippen molar-refractivity contribution in [3.05, 3.63) is 12.4 Å². The highest BCUT2D eigenvalue weighted by molar-refractivity contribution is 5.73. The van der Waals surface area contributed by atoms with Gasteiger partial charge >= 0.3 is 5.97 Å². The predicted octanol–water partition coefficient (Wildman–Crippen LogP) is 1.33. The Bertz CT molecular complexity index is 443. The third kappa shape index (κ3) is 1.61. The molecule has 2 N–H and O–H groups in total. The number of anilines is 1. The Morgan fingerprint density at radius 3 is 2.94 bits per heavy atom. The predicted molar refractivity (Wildman–Crippen MR) is 62.6 cm³/mol. The lowest BCUT2D eigenvalue weighted by molar-refractivity contribution is -0.143. The summed E-state index contributed by atoms with van der Waals surface area (Å²) in [5, 5.41) is 12.7. The molecular formula is C12H17N3O2. The van der Waals surface area contributed by atoms with Gasteiger partial charge in [0.1, 0.15) is 0 Å². The molecule has 0 radical (unpaired) electrons. The first-order valence-electron chi connectivity index (χ1n) is 6.13. The van der Waals surface area contributed by atoms with Crippen LogP contribution in [-0.4, -0.2) is 26.7 Å². The lowest BCUT2D eigenvalue weighted by Crippen LogP contribution is -2.39. The maximum Gasteiger partial charge on any atom is 0.308 e. The summed E-state index contributed by atoms with van der Waals surface area (Å²) in [4.78, 5) is 15.6. The van der Waals surface area contributed by atoms with E-state index >= 15 is 0 Å². The fourth-order valence-corrected chi connectivity index (χ4v) is 3.51. The molecule has 1 aromatic heterocycles. The summed E-state index contributed by atoms with van der Waals surface area (Å²) in [5.41, 5.74) is 0. The summed E-state index contributed by atoms with van der Waals surface area (Å²) in [6.45, 7) is 0. The Labute approximate surface area is 99.8 Å². The van der Waals surface area contributed by atoms with Crippen molar-refractivity contribution in [3.63, 3.8) is 0 Å². The second-order valence-corrected chi connectivity index (χ2v) is 5.23. The number of carbonyl (C=O) groups is 1. The van der Waals surface area contributed by atoms with E-state index in [2.05, 4.69) is 10.3 Å². The SMILES string of the molecule is Cn1ccnc1NC1C2CCC(C2)C1C(=O)O. The Kier molecular flexibility index (Phi) is 2.34. The zero-order valence-electron chi connectivity index (χ0n) is 9.84. The molecule has 0 aliphatic heterocycles. The van der Waals surface area contributed by atoms with Gasteiger partial charge in [0.15, 0.2) is 0 Å². The third-order valence-electron chi connectivity index (χ3n) is 4.32. The number of nitrogens with zero attached hydrogens (tertiary/aromatic N) is 2. The van der Waals surface area contributed by atoms with Crippen molar-refractivity contribution in [2.24, 2.45) is 24.8 Å². The van der Waals surface area contributed by atoms with Crippen molar-refractivity contribution in [1.29, 1.82) is 0 Å². The molecule has 3 rings (SSSR count). The van der Waals surface area contributed by atoms with Gasteiger partial charge in [-0.2, -0.15) is 0 Å². The minimum atomic E-state index is -0.663. The molecule has 2 saturated carbocycles. The van der Waals surface area contributed by atoms with Crippen molar-refractivity contribution >= 4 is 11.9 Å². The fourth-order valence-electron chi connectivity index (χ4n) is 3.51. The van der Waals surface area contributed by atoms with Gasteiger partial charge < -0.3 is 15.0 Å². The highest BCUT2D eigenvalue weighted by Gasteiger charge is 2.51. The second kappa shape index (κ2) is 3.75. The quantitative estimate of drug-likeness (QED) is 0.829. The highest BCUT2D eigenvalue weighted by Crippen LogP contribution is 2.49. The van der Waals surface area contributed by atoms with Crippen LogP contribution in [0.1, 0.15) is 19.3 Å². The molecule has 1 aromatic rings. The maximum absolute atomic E-state index is 11.3. The monoisotopic (exact) mass is 235 g/mol. The molecule has 4 unspecified atom stereocenters. The van der Waals surface area contributed by atoms with Gasteiger partial charge in [-0.3, -0.25) is 4.79 Å². The molecule has 0 aromatic carbocycles. The van der Waals surface area contributed by atoms with E-state index in [0.29, 0.717) is 11.8 Å². The van der Waals surface area contributed by atoms with Crippen molar-refractivity contribution in [2.75, 3.05) is 5.32 Å². The smallest absolute Gasteiger partial charge is 0.308 e. The van der Waals surface area contributed by atoms with Crippen molar-refractivity contribution < 1.29 is 9.90 Å². The minimum Gasteiger partial charge on any atom is -0.481 e. The first-order chi connectivity index (χ1) is 8.16. The van der Waals surface area contributed by atoms with Crippen LogP contribution >= 0.6 is 0 Å². The fraction of sp³-hybridized carbons (Fsp3) is 0.667. The van der Waals surface area contributed by atoms with E-state index in [9.17, 15) is 9.90 Å². The van der Waals surface area contributed by atoms with Gasteiger partial charge in [0.05, 0.1) is 5.92 Å². The number of hydrogen-bond acceptors (Lipinski definition) is 3. The number of aryl methyl sites for hydroxylation is 1. The van der Waals surface area contributed by atoms with Gasteiger partial charge in [0, 0.05) is 25.5 Å². The number of carboxylic acid groups (broad SMARTS) is 1. The van der Waals surface area contributed by atoms with Gasteiger partial charge in [-0.25, -0.2) is 4.98 Å². The number of fused-ring (bicyclic) bond motifs is 2. The summed E-state index contributed by atoms with van der Waals surface area (Å²) in [6, 6.07) is 0.0485. The van der Waals surface area contributed by atoms with E-state index in [1.807, 2.05) is 17.8 Å². The average molecular weight is 235 g/mol. The van der Waals surface area contributed by atoms with Gasteiger partial charge in [0.25, 0.3) is 0 Å². The van der Waals surface area contributed by atoms with Gasteiger partial charge in [0.2, 0.25) is 5.95 Å². The number of nitrogens with one attached hydrogen (secondary N) is 1. The van der Waals surface area contributed by atoms with Crippen LogP contribution in [0.5, 0.6) is 0 Å². The molecule has 2 aliphatic carbocycles. The Hall–Kier alpha value is -1.52. The molecule has 17 heavy (non-hydrogen) atoms. The molecule has 4 atom stereocenters. The normalized spacial score (nSPS) is 35.1. The number of imidazole rings is 1. The number of hydrogen-bond donors (Lipinski definition) is 2. The van der Waals surface area contributed by atoms with Gasteiger partial charge in [-0.05, 0) is 31.1 Å². The average Bonchev–Trinajstić information content (AvgIpc) is 2.95. The summed E-state index contributed by atoms with van der Waals surface area (Å²) in [6.07, 6.45) is 6.87. The largest absolute Gasteiger partial charge is 0.481 e. The van der Waals surface area contributed by atoms with Crippen LogP contribution in [0.25, 0.3) is 0 Å². The van der Waals surface area contributed by atoms with Crippen molar-refractivity contribution in [3.8, 4) is 0 Å². The molecule has 5 nitrogen and oxygen atoms in total. The Morgan fingerprint density at radius 2 is 2.29 bits per heavy atom. The van der Waals surface area contributed by atoms with Crippen LogP contribution in [0.15, 0.2) is 12.4 Å². The maximum atomic E-state index is 11.3. The van der Waals surface area contributed by atoms with Crippen LogP contribution in [0, 0.1) is 17.8 Å². The molecule has 2 bridgehead atoms. The summed E-state index contributed by atoms with van der Waals surface area (Å²) >= 11 is 0. The number of aromatic nitrogens is 2. The molecule has 0 saturated heterocycles. The van der Waals surface area contributed by atoms with Gasteiger partial charge in [-0.1, -0.05) is 0 Å². The van der Waals surface area contributed by atoms with Crippen LogP contribution in [-0.2, 0) is 11.8 Å². The number of aliphatic carboxylic acids is 1. The zero-order chi connectivity index (χ0) is 12.0. The first kappa shape index (κ1) is 10.6. The van der Waals surface area contributed by atoms with Gasteiger partial charge in [-0.15, -0.1) is 0 Å². The molecule has 2 aliphatic rings. The molecular weight excluding hydrogens is 218 g/mol. The number of rotatable bonds is 3. The van der Waals surface area contributed by atoms with Crippen molar-refractivity contribution in [1.82, 2.24) is 9.55 Å². The lowest BCUT2D eigenvalue weighted by atomic mass is 9.84. The standard InChI is InChI=1S/C12H17N3O2/c1-15-5-4-13-12(15)14-10-8-3-2-7(6-8)9(10)11(16)17/h4-5,7-10H,2-3,6H2,1H3,(H,13,14)(H,16,17). The highest BCUT2D eigenvalue weighted by atomic mass is 16.4. The summed E-state index contributed by atoms with van der Waals surface area (Å²) in [7, 11) is 1.91. The first-order valence-corrected chi connectivity index (χ1v) is 6.13. The summed E-state index contributed by atoms with van der Waals surface area (Å²) in [5.74, 6) is 0.719. The van der Waals surface area contributed by atoms with E-state index in [-0.39, 0.29) is 12.0 Å². The molecule has 1 heterocycles. The van der Waals surface area contributed by atoms with Crippen LogP contribution in [0.4, 0.5) is 5.95 Å². The van der Waals surface area contributed by atoms with E-state index in [0.717, 1.165) is 25.2 Å². The molecule has 92 valence electrons. The van der Waals surface area contributed by atoms with E-state index in [4.69, 9.17) is 0 Å². The molecule has 0 amide bonds. The van der Waals surface area contributed by atoms with Crippen LogP contribution in [0.3, 0.4) is 0 Å². The van der Waals surface area contributed by atoms with E-state index < -0.39 is 5.97 Å². The molecule has 2 fully saturated rings. The van der Waals surface area contributed by atoms with E-state index in [1.54, 1.807) is 6.20 Å². The van der Waals surface area contributed by atoms with Crippen LogP contribution < -0.4 is 5.32 Å². The van der Waals surface area contributed by atoms with Crippen molar-refractivity contribution in [2.45, 2.75) is 25.3 Å². The number of carboxylic acids is 1. The topological polar surface area (TPSA) is 67.2 Å². The zero-order valence-corrected chi connectivity index (χ0v) is 9.84. The van der Waals surface area contributed by atoms with Crippen LogP contribution in [0.2, 0.25) is 0 Å². The second-order valence-electron chi connectivity index (χ2n) is 5.23. The Morgan fingerprint density at radius 1 is 1.53 bits per heavy atom. The third-order valence-corrected chi connectivity index (χ3v) is 4.32. The molecule has 0 spiro atoms.